The van der Waals surface area contributed by atoms with Crippen molar-refractivity contribution in [2.75, 3.05) is 6.61 Å². The van der Waals surface area contributed by atoms with Gasteiger partial charge in [0, 0.05) is 8.03 Å². The molecule has 0 aliphatic heterocycles. The van der Waals surface area contributed by atoms with E-state index in [0.717, 1.165) is 6.42 Å². The molecule has 0 heterocycles. The molecule has 1 N–H and O–H groups in total. The van der Waals surface area contributed by atoms with Gasteiger partial charge in [0.2, 0.25) is 0 Å². The third kappa shape index (κ3) is 1.96. The average molecular weight is 61.1 g/mol. The highest BCUT2D eigenvalue weighted by molar-refractivity contribution is 4.10. The van der Waals surface area contributed by atoms with Gasteiger partial charge in [0.1, 0.15) is 0 Å². The topological polar surface area (TPSA) is 20.2 Å². The van der Waals surface area contributed by atoms with Gasteiger partial charge in [-0.3, -0.25) is 0 Å². The minimum Gasteiger partial charge on any atom is -0.396 e. The summed E-state index contributed by atoms with van der Waals surface area (Å²) in [6.07, 6.45) is 0.875. The molecule has 0 aromatic heterocycles. The molecule has 0 fully saturated rings. The minimum atomic E-state index is 0. The van der Waals surface area contributed by atoms with Crippen LogP contribution in [0.5, 0.6) is 0 Å². The van der Waals surface area contributed by atoms with Crippen LogP contribution >= 0.6 is 0 Å². The maximum Gasteiger partial charge on any atom is 0.0428 e. The van der Waals surface area contributed by atoms with Crippen molar-refractivity contribution in [2.45, 2.75) is 13.3 Å². The summed E-state index contributed by atoms with van der Waals surface area (Å²) in [5.41, 5.74) is 0. The molecule has 1 nitrogen and oxygen atoms in total. The van der Waals surface area contributed by atoms with Crippen LogP contribution in [-0.4, -0.2) is 11.7 Å². The fourth-order valence-electron chi connectivity index (χ4n) is 0. The molecular weight excluding hydrogens is 52.0 g/mol. The van der Waals surface area contributed by atoms with E-state index in [9.17, 15) is 0 Å². The monoisotopic (exact) mass is 61.1 g/mol. The maximum atomic E-state index is 7.88. The number of aliphatic hydroxyl groups is 1. The van der Waals surface area contributed by atoms with Gasteiger partial charge >= 0.3 is 0 Å². The summed E-state index contributed by atoms with van der Waals surface area (Å²) >= 11 is 0. The van der Waals surface area contributed by atoms with Gasteiger partial charge in [0.15, 0.2) is 0 Å². The SMILES string of the molecule is CCCO.[H]. The molecule has 4 heavy (non-hydrogen) atoms. The molecule has 0 unspecified atom stereocenters. The Morgan fingerprint density at radius 2 is 2.25 bits per heavy atom. The van der Waals surface area contributed by atoms with Crippen molar-refractivity contribution >= 4 is 0 Å². The fourth-order valence-corrected chi connectivity index (χ4v) is 0. The van der Waals surface area contributed by atoms with E-state index < -0.39 is 0 Å². The summed E-state index contributed by atoms with van der Waals surface area (Å²) in [5, 5.41) is 7.88. The molecule has 0 amide bonds. The molecule has 1 radical (unpaired) electrons. The summed E-state index contributed by atoms with van der Waals surface area (Å²) < 4.78 is 0. The summed E-state index contributed by atoms with van der Waals surface area (Å²) in [4.78, 5) is 0. The Balaban J connectivity index is 0. The summed E-state index contributed by atoms with van der Waals surface area (Å²) in [6.45, 7) is 2.25. The summed E-state index contributed by atoms with van der Waals surface area (Å²) in [5.74, 6) is 0. The van der Waals surface area contributed by atoms with Crippen LogP contribution in [0, 0.1) is 0 Å². The molecule has 0 aromatic rings. The highest BCUT2D eigenvalue weighted by Gasteiger charge is 1.57. The van der Waals surface area contributed by atoms with E-state index in [4.69, 9.17) is 5.11 Å². The molecule has 1 heteroatoms. The van der Waals surface area contributed by atoms with E-state index in [-0.39, 0.29) is 1.43 Å². The second kappa shape index (κ2) is 2.96. The number of aliphatic hydroxyl groups excluding tert-OH is 1. The maximum absolute atomic E-state index is 7.88. The average Bonchev–Trinajstić information content (AvgIpc) is 1.37. The number of hydrogen-bond donors (Lipinski definition) is 1. The third-order valence-corrected chi connectivity index (χ3v) is 0.224. The first-order chi connectivity index (χ1) is 1.91. The third-order valence-electron chi connectivity index (χ3n) is 0.224. The first-order valence-corrected chi connectivity index (χ1v) is 1.52. The van der Waals surface area contributed by atoms with E-state index in [2.05, 4.69) is 0 Å². The Labute approximate surface area is 27.7 Å². The lowest BCUT2D eigenvalue weighted by Gasteiger charge is -1.69. The lowest BCUT2D eigenvalue weighted by atomic mass is 10.5. The zero-order chi connectivity index (χ0) is 3.41. The normalized spacial score (nSPS) is 7.50. The summed E-state index contributed by atoms with van der Waals surface area (Å²) in [7, 11) is 0. The molecule has 0 bridgehead atoms. The molecular formula is C3H9O. The van der Waals surface area contributed by atoms with Gasteiger partial charge in [-0.05, 0) is 6.42 Å². The molecule has 0 aromatic carbocycles. The van der Waals surface area contributed by atoms with Gasteiger partial charge in [-0.15, -0.1) is 0 Å². The Hall–Kier alpha value is -0.0400. The zero-order valence-electron chi connectivity index (χ0n) is 3.86. The van der Waals surface area contributed by atoms with Crippen molar-refractivity contribution in [2.24, 2.45) is 0 Å². The van der Waals surface area contributed by atoms with Crippen LogP contribution in [0.25, 0.3) is 0 Å². The molecule has 0 rings (SSSR count). The van der Waals surface area contributed by atoms with Crippen molar-refractivity contribution < 1.29 is 6.53 Å². The molecule has 0 atom stereocenters. The second-order valence-corrected chi connectivity index (χ2v) is 0.724. The molecule has 0 aliphatic rings. The van der Waals surface area contributed by atoms with Crippen LogP contribution in [0.4, 0.5) is 0 Å². The van der Waals surface area contributed by atoms with Crippen molar-refractivity contribution in [3.63, 3.8) is 0 Å². The van der Waals surface area contributed by atoms with Gasteiger partial charge in [-0.2, -0.15) is 0 Å². The second-order valence-electron chi connectivity index (χ2n) is 0.724. The van der Waals surface area contributed by atoms with Gasteiger partial charge in [-0.25, -0.2) is 0 Å². The van der Waals surface area contributed by atoms with Crippen LogP contribution in [0.3, 0.4) is 0 Å². The standard InChI is InChI=1S/C3H8O.H/c1-2-3-4;/h4H,2-3H2,1H3;. The zero-order valence-corrected chi connectivity index (χ0v) is 2.86. The lowest BCUT2D eigenvalue weighted by Crippen LogP contribution is -1.69. The molecule has 0 saturated heterocycles. The molecule has 0 aliphatic carbocycles. The minimum absolute atomic E-state index is 0. The Morgan fingerprint density at radius 1 is 2.00 bits per heavy atom. The van der Waals surface area contributed by atoms with Gasteiger partial charge in [0.25, 0.3) is 0 Å². The molecule has 0 saturated carbocycles. The van der Waals surface area contributed by atoms with Crippen LogP contribution in [0.2, 0.25) is 0 Å². The molecule has 0 spiro atoms. The van der Waals surface area contributed by atoms with Gasteiger partial charge in [-0.1, -0.05) is 6.92 Å². The Kier molecular flexibility index (Phi) is 2.93. The predicted octanol–water partition coefficient (Wildman–Crippen LogP) is 0.501. The van der Waals surface area contributed by atoms with Crippen LogP contribution < -0.4 is 0 Å². The first-order valence-electron chi connectivity index (χ1n) is 1.52. The first kappa shape index (κ1) is 3.96. The van der Waals surface area contributed by atoms with E-state index in [1.807, 2.05) is 6.92 Å². The fraction of sp³-hybridized carbons (Fsp3) is 1.00. The van der Waals surface area contributed by atoms with Crippen LogP contribution in [0.15, 0.2) is 0 Å². The Morgan fingerprint density at radius 3 is 2.25 bits per heavy atom. The van der Waals surface area contributed by atoms with Crippen molar-refractivity contribution in [3.8, 4) is 0 Å². The Bertz CT molecular complexity index is 8.85. The van der Waals surface area contributed by atoms with Crippen molar-refractivity contribution in [1.29, 1.82) is 0 Å². The number of hydrogen-bond acceptors (Lipinski definition) is 1. The van der Waals surface area contributed by atoms with Gasteiger partial charge < -0.3 is 5.11 Å². The lowest BCUT2D eigenvalue weighted by molar-refractivity contribution is 0.295. The van der Waals surface area contributed by atoms with E-state index in [1.165, 1.54) is 0 Å². The van der Waals surface area contributed by atoms with E-state index >= 15 is 0 Å². The van der Waals surface area contributed by atoms with E-state index in [0.29, 0.717) is 6.61 Å². The highest BCUT2D eigenvalue weighted by Crippen LogP contribution is 1.61. The predicted molar refractivity (Wildman–Crippen MR) is 18.5 cm³/mol. The van der Waals surface area contributed by atoms with E-state index in [1.54, 1.807) is 0 Å². The largest absolute Gasteiger partial charge is 0.396 e. The van der Waals surface area contributed by atoms with Crippen molar-refractivity contribution in [3.05, 3.63) is 0 Å². The summed E-state index contributed by atoms with van der Waals surface area (Å²) in [6, 6.07) is 0. The van der Waals surface area contributed by atoms with Crippen LogP contribution in [0.1, 0.15) is 14.8 Å². The van der Waals surface area contributed by atoms with Gasteiger partial charge in [0.05, 0.1) is 0 Å². The van der Waals surface area contributed by atoms with Crippen molar-refractivity contribution in [1.82, 2.24) is 0 Å². The quantitative estimate of drug-likeness (QED) is 0.468. The highest BCUT2D eigenvalue weighted by atomic mass is 16.2. The number of rotatable bonds is 1. The molecule has 27 valence electrons. The van der Waals surface area contributed by atoms with Crippen LogP contribution in [-0.2, 0) is 0 Å². The smallest absolute Gasteiger partial charge is 0.0428 e.